The third kappa shape index (κ3) is 4.01. The van der Waals surface area contributed by atoms with Gasteiger partial charge in [0.15, 0.2) is 6.10 Å². The first-order chi connectivity index (χ1) is 14.5. The number of thioether (sulfide) groups is 1. The Morgan fingerprint density at radius 2 is 1.77 bits per heavy atom. The SMILES string of the molecule is CSc1cccc(NC(=O)[C@H]2CN(S(=O)(=O)c3ccccc3)c3ccccc3O2)c1. The number of ether oxygens (including phenoxy) is 1. The molecule has 8 heteroatoms. The van der Waals surface area contributed by atoms with E-state index in [-0.39, 0.29) is 11.4 Å². The molecule has 4 rings (SSSR count). The average molecular weight is 441 g/mol. The smallest absolute Gasteiger partial charge is 0.267 e. The van der Waals surface area contributed by atoms with Crippen LogP contribution in [0.25, 0.3) is 0 Å². The number of rotatable bonds is 5. The number of hydrogen-bond donors (Lipinski definition) is 1. The van der Waals surface area contributed by atoms with Gasteiger partial charge in [-0.1, -0.05) is 36.4 Å². The highest BCUT2D eigenvalue weighted by Gasteiger charge is 2.37. The van der Waals surface area contributed by atoms with Crippen LogP contribution in [0, 0.1) is 0 Å². The summed E-state index contributed by atoms with van der Waals surface area (Å²) in [5, 5.41) is 2.83. The van der Waals surface area contributed by atoms with E-state index in [1.807, 2.05) is 24.5 Å². The molecule has 1 atom stereocenters. The molecular weight excluding hydrogens is 420 g/mol. The second-order valence-electron chi connectivity index (χ2n) is 6.64. The van der Waals surface area contributed by atoms with Crippen LogP contribution in [0.5, 0.6) is 5.75 Å². The lowest BCUT2D eigenvalue weighted by molar-refractivity contribution is -0.122. The number of nitrogens with one attached hydrogen (secondary N) is 1. The minimum absolute atomic E-state index is 0.123. The van der Waals surface area contributed by atoms with Crippen LogP contribution in [-0.2, 0) is 14.8 Å². The number of hydrogen-bond acceptors (Lipinski definition) is 5. The van der Waals surface area contributed by atoms with E-state index in [1.54, 1.807) is 60.3 Å². The highest BCUT2D eigenvalue weighted by molar-refractivity contribution is 7.98. The van der Waals surface area contributed by atoms with E-state index in [0.717, 1.165) is 4.90 Å². The molecule has 0 spiro atoms. The molecule has 6 nitrogen and oxygen atoms in total. The highest BCUT2D eigenvalue weighted by Crippen LogP contribution is 2.37. The zero-order chi connectivity index (χ0) is 21.1. The average Bonchev–Trinajstić information content (AvgIpc) is 2.79. The van der Waals surface area contributed by atoms with Crippen molar-refractivity contribution in [3.05, 3.63) is 78.9 Å². The van der Waals surface area contributed by atoms with Crippen LogP contribution in [0.15, 0.2) is 88.7 Å². The number of fused-ring (bicyclic) bond motifs is 1. The molecule has 154 valence electrons. The van der Waals surface area contributed by atoms with Gasteiger partial charge in [-0.3, -0.25) is 9.10 Å². The van der Waals surface area contributed by atoms with Gasteiger partial charge in [0, 0.05) is 10.6 Å². The van der Waals surface area contributed by atoms with E-state index in [1.165, 1.54) is 16.4 Å². The molecule has 3 aromatic carbocycles. The number of carbonyl (C=O) groups is 1. The molecule has 0 radical (unpaired) electrons. The summed E-state index contributed by atoms with van der Waals surface area (Å²) in [4.78, 5) is 14.1. The molecule has 0 unspecified atom stereocenters. The van der Waals surface area contributed by atoms with Crippen molar-refractivity contribution in [2.75, 3.05) is 22.4 Å². The van der Waals surface area contributed by atoms with Gasteiger partial charge in [0.2, 0.25) is 0 Å². The summed E-state index contributed by atoms with van der Waals surface area (Å²) in [6.45, 7) is -0.123. The van der Waals surface area contributed by atoms with Crippen molar-refractivity contribution in [2.24, 2.45) is 0 Å². The Hall–Kier alpha value is -2.97. The molecule has 3 aromatic rings. The third-order valence-electron chi connectivity index (χ3n) is 4.70. The summed E-state index contributed by atoms with van der Waals surface area (Å²) in [5.74, 6) is -0.0581. The molecular formula is C22H20N2O4S2. The van der Waals surface area contributed by atoms with Crippen LogP contribution in [0.1, 0.15) is 0 Å². The van der Waals surface area contributed by atoms with E-state index in [4.69, 9.17) is 4.74 Å². The van der Waals surface area contributed by atoms with E-state index >= 15 is 0 Å². The maximum Gasteiger partial charge on any atom is 0.267 e. The second-order valence-corrected chi connectivity index (χ2v) is 9.39. The maximum atomic E-state index is 13.3. The standard InChI is InChI=1S/C22H20N2O4S2/c1-29-17-9-7-8-16(14-17)23-22(25)21-15-24(19-12-5-6-13-20(19)28-21)30(26,27)18-10-3-2-4-11-18/h2-14,21H,15H2,1H3,(H,23,25)/t21-/m1/s1. The Bertz CT molecular complexity index is 1170. The van der Waals surface area contributed by atoms with Crippen molar-refractivity contribution in [2.45, 2.75) is 15.9 Å². The Kier molecular flexibility index (Phi) is 5.69. The summed E-state index contributed by atoms with van der Waals surface area (Å²) >= 11 is 1.57. The maximum absolute atomic E-state index is 13.3. The molecule has 1 N–H and O–H groups in total. The molecule has 0 fully saturated rings. The van der Waals surface area contributed by atoms with Gasteiger partial charge in [-0.25, -0.2) is 8.42 Å². The van der Waals surface area contributed by atoms with Crippen molar-refractivity contribution in [3.8, 4) is 5.75 Å². The number of sulfonamides is 1. The number of para-hydroxylation sites is 2. The normalized spacial score (nSPS) is 15.8. The number of anilines is 2. The fourth-order valence-electron chi connectivity index (χ4n) is 3.21. The zero-order valence-corrected chi connectivity index (χ0v) is 17.8. The van der Waals surface area contributed by atoms with E-state index < -0.39 is 22.0 Å². The van der Waals surface area contributed by atoms with Gasteiger partial charge in [0.05, 0.1) is 17.1 Å². The molecule has 0 bridgehead atoms. The predicted molar refractivity (Wildman–Crippen MR) is 119 cm³/mol. The van der Waals surface area contributed by atoms with Crippen molar-refractivity contribution >= 4 is 39.1 Å². The monoisotopic (exact) mass is 440 g/mol. The molecule has 1 amide bonds. The van der Waals surface area contributed by atoms with Gasteiger partial charge < -0.3 is 10.1 Å². The quantitative estimate of drug-likeness (QED) is 0.607. The number of benzene rings is 3. The minimum atomic E-state index is -3.86. The van der Waals surface area contributed by atoms with Gasteiger partial charge in [0.25, 0.3) is 15.9 Å². The number of nitrogens with zero attached hydrogens (tertiary/aromatic N) is 1. The van der Waals surface area contributed by atoms with Crippen LogP contribution in [0.2, 0.25) is 0 Å². The largest absolute Gasteiger partial charge is 0.476 e. The van der Waals surface area contributed by atoms with Gasteiger partial charge in [-0.05, 0) is 48.7 Å². The zero-order valence-electron chi connectivity index (χ0n) is 16.2. The van der Waals surface area contributed by atoms with Crippen molar-refractivity contribution in [3.63, 3.8) is 0 Å². The molecule has 0 saturated heterocycles. The van der Waals surface area contributed by atoms with Crippen LogP contribution >= 0.6 is 11.8 Å². The second kappa shape index (κ2) is 8.41. The van der Waals surface area contributed by atoms with Crippen molar-refractivity contribution in [1.29, 1.82) is 0 Å². The lowest BCUT2D eigenvalue weighted by Crippen LogP contribution is -2.48. The molecule has 0 aromatic heterocycles. The topological polar surface area (TPSA) is 75.7 Å². The summed E-state index contributed by atoms with van der Waals surface area (Å²) < 4.78 is 33.7. The van der Waals surface area contributed by atoms with Crippen molar-refractivity contribution < 1.29 is 17.9 Å². The van der Waals surface area contributed by atoms with Crippen LogP contribution in [-0.4, -0.2) is 33.2 Å². The Balaban J connectivity index is 1.65. The first-order valence-corrected chi connectivity index (χ1v) is 11.9. The van der Waals surface area contributed by atoms with Crippen LogP contribution < -0.4 is 14.4 Å². The first kappa shape index (κ1) is 20.3. The summed E-state index contributed by atoms with van der Waals surface area (Å²) in [7, 11) is -3.86. The molecule has 1 heterocycles. The highest BCUT2D eigenvalue weighted by atomic mass is 32.2. The summed E-state index contributed by atoms with van der Waals surface area (Å²) in [6.07, 6.45) is 0.963. The predicted octanol–water partition coefficient (Wildman–Crippen LogP) is 4.00. The van der Waals surface area contributed by atoms with E-state index in [2.05, 4.69) is 5.32 Å². The molecule has 1 aliphatic rings. The third-order valence-corrected chi connectivity index (χ3v) is 7.21. The Morgan fingerprint density at radius 3 is 2.53 bits per heavy atom. The van der Waals surface area contributed by atoms with Gasteiger partial charge >= 0.3 is 0 Å². The lowest BCUT2D eigenvalue weighted by Gasteiger charge is -2.34. The Morgan fingerprint density at radius 1 is 1.03 bits per heavy atom. The van der Waals surface area contributed by atoms with Crippen LogP contribution in [0.3, 0.4) is 0 Å². The number of amides is 1. The van der Waals surface area contributed by atoms with Crippen molar-refractivity contribution in [1.82, 2.24) is 0 Å². The first-order valence-electron chi connectivity index (χ1n) is 9.27. The minimum Gasteiger partial charge on any atom is -0.476 e. The lowest BCUT2D eigenvalue weighted by atomic mass is 10.2. The summed E-state index contributed by atoms with van der Waals surface area (Å²) in [6, 6.07) is 22.4. The van der Waals surface area contributed by atoms with E-state index in [9.17, 15) is 13.2 Å². The molecule has 0 aliphatic carbocycles. The molecule has 30 heavy (non-hydrogen) atoms. The van der Waals surface area contributed by atoms with Crippen LogP contribution in [0.4, 0.5) is 11.4 Å². The fourth-order valence-corrected chi connectivity index (χ4v) is 5.17. The van der Waals surface area contributed by atoms with E-state index in [0.29, 0.717) is 17.1 Å². The molecule has 0 saturated carbocycles. The Labute approximate surface area is 179 Å². The van der Waals surface area contributed by atoms with Gasteiger partial charge in [-0.15, -0.1) is 11.8 Å². The number of carbonyl (C=O) groups excluding carboxylic acids is 1. The summed E-state index contributed by atoms with van der Waals surface area (Å²) in [5.41, 5.74) is 1.04. The van der Waals surface area contributed by atoms with Gasteiger partial charge in [0.1, 0.15) is 5.75 Å². The fraction of sp³-hybridized carbons (Fsp3) is 0.136. The van der Waals surface area contributed by atoms with Gasteiger partial charge in [-0.2, -0.15) is 0 Å². The molecule has 1 aliphatic heterocycles.